The minimum Gasteiger partial charge on any atom is -0.487 e. The predicted molar refractivity (Wildman–Crippen MR) is 150 cm³/mol. The molecule has 2 saturated heterocycles. The number of fused-ring (bicyclic) bond motifs is 2. The molecular formula is C29H27FN6O7. The standard InChI is InChI=1S/C29H27FN6O7/c1-2-31-29(39)35-25-21-26(33-14-32-25)36(15-34-21)27-24-23(42-20(43-24)12-11-16-7-4-3-5-8-16)19(41-27)13-40-22-17(28(37)38)9-6-10-18(22)30/h3-12,14-15,19-20,23-24,27H,2,13H2,1H3,(H,37,38)(H2,31,32,33,35,39)/t19?,20-,23?,24?,27?/m0/s1. The summed E-state index contributed by atoms with van der Waals surface area (Å²) >= 11 is 0. The number of carboxylic acid groups (broad SMARTS) is 1. The maximum atomic E-state index is 14.6. The minimum atomic E-state index is -1.33. The highest BCUT2D eigenvalue weighted by Gasteiger charge is 2.53. The van der Waals surface area contributed by atoms with E-state index in [1.807, 2.05) is 36.4 Å². The molecule has 2 aromatic heterocycles. The number of carbonyl (C=O) groups excluding carboxylic acids is 1. The number of benzene rings is 2. The number of nitrogens with zero attached hydrogens (tertiary/aromatic N) is 4. The van der Waals surface area contributed by atoms with Crippen molar-refractivity contribution in [3.05, 3.63) is 84.2 Å². The molecule has 0 saturated carbocycles. The van der Waals surface area contributed by atoms with Crippen LogP contribution in [0.1, 0.15) is 29.1 Å². The molecule has 0 bridgehead atoms. The van der Waals surface area contributed by atoms with Gasteiger partial charge in [-0.25, -0.2) is 28.9 Å². The Morgan fingerprint density at radius 3 is 2.67 bits per heavy atom. The first-order valence-electron chi connectivity index (χ1n) is 13.5. The van der Waals surface area contributed by atoms with E-state index in [2.05, 4.69) is 25.6 Å². The van der Waals surface area contributed by atoms with Gasteiger partial charge in [0.15, 0.2) is 41.1 Å². The summed E-state index contributed by atoms with van der Waals surface area (Å²) in [5, 5.41) is 14.8. The number of aromatic nitrogens is 4. The van der Waals surface area contributed by atoms with Crippen molar-refractivity contribution in [1.29, 1.82) is 0 Å². The number of halogens is 1. The van der Waals surface area contributed by atoms with E-state index in [1.54, 1.807) is 17.6 Å². The first kappa shape index (κ1) is 28.2. The first-order valence-corrected chi connectivity index (χ1v) is 13.5. The molecule has 3 N–H and O–H groups in total. The van der Waals surface area contributed by atoms with E-state index >= 15 is 0 Å². The van der Waals surface area contributed by atoms with E-state index in [1.165, 1.54) is 24.8 Å². The fourth-order valence-electron chi connectivity index (χ4n) is 4.99. The van der Waals surface area contributed by atoms with Crippen molar-refractivity contribution in [3.8, 4) is 5.75 Å². The third-order valence-corrected chi connectivity index (χ3v) is 6.90. The summed E-state index contributed by atoms with van der Waals surface area (Å²) in [4.78, 5) is 36.7. The number of carboxylic acids is 1. The fourth-order valence-corrected chi connectivity index (χ4v) is 4.99. The maximum Gasteiger partial charge on any atom is 0.339 e. The van der Waals surface area contributed by atoms with Gasteiger partial charge in [-0.05, 0) is 30.7 Å². The molecule has 4 heterocycles. The summed E-state index contributed by atoms with van der Waals surface area (Å²) in [6.07, 6.45) is 2.71. The number of para-hydroxylation sites is 1. The van der Waals surface area contributed by atoms with Gasteiger partial charge < -0.3 is 29.4 Å². The van der Waals surface area contributed by atoms with Crippen molar-refractivity contribution in [2.45, 2.75) is 37.8 Å². The second kappa shape index (κ2) is 12.1. The number of hydrogen-bond donors (Lipinski definition) is 3. The summed E-state index contributed by atoms with van der Waals surface area (Å²) in [5.41, 5.74) is 1.32. The van der Waals surface area contributed by atoms with Crippen LogP contribution in [-0.2, 0) is 14.2 Å². The van der Waals surface area contributed by atoms with Crippen LogP contribution in [0.3, 0.4) is 0 Å². The maximum absolute atomic E-state index is 14.6. The van der Waals surface area contributed by atoms with E-state index in [4.69, 9.17) is 18.9 Å². The summed E-state index contributed by atoms with van der Waals surface area (Å²) in [5.74, 6) is -2.34. The Hall–Kier alpha value is -4.92. The molecule has 2 aliphatic heterocycles. The fraction of sp³-hybridized carbons (Fsp3) is 0.276. The molecule has 14 heteroatoms. The lowest BCUT2D eigenvalue weighted by atomic mass is 10.1. The SMILES string of the molecule is CCNC(=O)Nc1ncnc2c1ncn2C1OC(COc2c(F)cccc2C(=O)O)C2O[C@H](C=Cc3ccccc3)OC21. The van der Waals surface area contributed by atoms with Gasteiger partial charge >= 0.3 is 12.0 Å². The van der Waals surface area contributed by atoms with Crippen molar-refractivity contribution in [2.75, 3.05) is 18.5 Å². The van der Waals surface area contributed by atoms with Gasteiger partial charge in [-0.15, -0.1) is 0 Å². The molecule has 2 aromatic carbocycles. The minimum absolute atomic E-state index is 0.206. The van der Waals surface area contributed by atoms with Crippen molar-refractivity contribution in [2.24, 2.45) is 0 Å². The average Bonchev–Trinajstić information content (AvgIpc) is 3.70. The molecule has 2 amide bonds. The number of rotatable bonds is 9. The van der Waals surface area contributed by atoms with Gasteiger partial charge in [0.25, 0.3) is 0 Å². The van der Waals surface area contributed by atoms with Crippen LogP contribution in [0.25, 0.3) is 17.2 Å². The largest absolute Gasteiger partial charge is 0.487 e. The summed E-state index contributed by atoms with van der Waals surface area (Å²) in [6, 6.07) is 12.8. The molecular weight excluding hydrogens is 563 g/mol. The zero-order chi connectivity index (χ0) is 29.9. The Bertz CT molecular complexity index is 1670. The van der Waals surface area contributed by atoms with E-state index in [-0.39, 0.29) is 18.0 Å². The number of carbonyl (C=O) groups is 2. The van der Waals surface area contributed by atoms with E-state index in [9.17, 15) is 19.1 Å². The van der Waals surface area contributed by atoms with Crippen LogP contribution in [-0.4, -0.2) is 74.4 Å². The zero-order valence-electron chi connectivity index (χ0n) is 22.8. The normalized spacial score (nSPS) is 23.0. The monoisotopic (exact) mass is 590 g/mol. The highest BCUT2D eigenvalue weighted by Crippen LogP contribution is 2.41. The Balaban J connectivity index is 1.29. The summed E-state index contributed by atoms with van der Waals surface area (Å²) < 4.78 is 40.7. The van der Waals surface area contributed by atoms with Crippen LogP contribution in [0.4, 0.5) is 15.0 Å². The second-order valence-corrected chi connectivity index (χ2v) is 9.67. The number of imidazole rings is 1. The lowest BCUT2D eigenvalue weighted by Gasteiger charge is -2.21. The van der Waals surface area contributed by atoms with Crippen LogP contribution in [0.5, 0.6) is 5.75 Å². The molecule has 2 fully saturated rings. The third kappa shape index (κ3) is 5.75. The number of nitrogens with one attached hydrogen (secondary N) is 2. The van der Waals surface area contributed by atoms with Crippen LogP contribution in [0, 0.1) is 5.82 Å². The highest BCUT2D eigenvalue weighted by atomic mass is 19.1. The molecule has 222 valence electrons. The molecule has 2 aliphatic rings. The Kier molecular flexibility index (Phi) is 7.96. The molecule has 6 rings (SSSR count). The number of anilines is 1. The van der Waals surface area contributed by atoms with Crippen molar-refractivity contribution in [1.82, 2.24) is 24.8 Å². The lowest BCUT2D eigenvalue weighted by Crippen LogP contribution is -2.33. The van der Waals surface area contributed by atoms with Crippen molar-refractivity contribution in [3.63, 3.8) is 0 Å². The Labute approximate surface area is 244 Å². The lowest BCUT2D eigenvalue weighted by molar-refractivity contribution is -0.131. The molecule has 0 spiro atoms. The molecule has 0 radical (unpaired) electrons. The van der Waals surface area contributed by atoms with E-state index in [0.29, 0.717) is 17.7 Å². The molecule has 4 aromatic rings. The highest BCUT2D eigenvalue weighted by molar-refractivity contribution is 5.95. The van der Waals surface area contributed by atoms with Gasteiger partial charge in [0, 0.05) is 6.54 Å². The number of hydrogen-bond acceptors (Lipinski definition) is 9. The van der Waals surface area contributed by atoms with Gasteiger partial charge in [-0.2, -0.15) is 0 Å². The van der Waals surface area contributed by atoms with Crippen LogP contribution >= 0.6 is 0 Å². The number of ether oxygens (including phenoxy) is 4. The van der Waals surface area contributed by atoms with Crippen molar-refractivity contribution >= 4 is 35.1 Å². The van der Waals surface area contributed by atoms with E-state index < -0.39 is 54.4 Å². The van der Waals surface area contributed by atoms with Crippen molar-refractivity contribution < 1.29 is 38.0 Å². The topological polar surface area (TPSA) is 159 Å². The van der Waals surface area contributed by atoms with Crippen LogP contribution < -0.4 is 15.4 Å². The van der Waals surface area contributed by atoms with E-state index in [0.717, 1.165) is 11.6 Å². The van der Waals surface area contributed by atoms with Gasteiger partial charge in [-0.1, -0.05) is 42.5 Å². The van der Waals surface area contributed by atoms with Crippen LogP contribution in [0.15, 0.2) is 67.3 Å². The number of urea groups is 1. The number of aromatic carboxylic acids is 1. The quantitative estimate of drug-likeness (QED) is 0.263. The predicted octanol–water partition coefficient (Wildman–Crippen LogP) is 3.60. The number of amides is 2. The van der Waals surface area contributed by atoms with Gasteiger partial charge in [0.1, 0.15) is 36.8 Å². The Morgan fingerprint density at radius 1 is 1.07 bits per heavy atom. The summed E-state index contributed by atoms with van der Waals surface area (Å²) in [7, 11) is 0. The smallest absolute Gasteiger partial charge is 0.339 e. The first-order chi connectivity index (χ1) is 20.9. The van der Waals surface area contributed by atoms with Gasteiger partial charge in [0.2, 0.25) is 0 Å². The second-order valence-electron chi connectivity index (χ2n) is 9.67. The molecule has 0 aliphatic carbocycles. The third-order valence-electron chi connectivity index (χ3n) is 6.90. The molecule has 4 unspecified atom stereocenters. The van der Waals surface area contributed by atoms with Gasteiger partial charge in [0.05, 0.1) is 6.33 Å². The Morgan fingerprint density at radius 2 is 1.88 bits per heavy atom. The summed E-state index contributed by atoms with van der Waals surface area (Å²) in [6.45, 7) is 1.98. The average molecular weight is 591 g/mol. The molecule has 5 atom stereocenters. The van der Waals surface area contributed by atoms with Gasteiger partial charge in [-0.3, -0.25) is 9.88 Å². The molecule has 13 nitrogen and oxygen atoms in total. The van der Waals surface area contributed by atoms with Crippen LogP contribution in [0.2, 0.25) is 0 Å². The molecule has 43 heavy (non-hydrogen) atoms. The zero-order valence-corrected chi connectivity index (χ0v) is 22.8.